The standard InChI is InChI=1S/C44H50BrFN2O9Si/c1-43(2,3)58(6,7)57-44-29(36(48(4)5)39-33(41(44)53)42(47-56-39)55-23-25-16-12-9-13-17-25)19-26-18-28-32(37(51)31(26)40(44)52)38(54-22-24-14-10-8-11-15-24)34(45)30(35(28)46)27(20-49)21-50/h8-17,26-27,29,31,36,49-50H,18-23H2,1-7H3/t26-,29-,31?,36-,44-/m0/s1. The molecule has 0 bridgehead atoms. The molecule has 1 saturated carbocycles. The summed E-state index contributed by atoms with van der Waals surface area (Å²) in [7, 11) is 0.623. The molecule has 1 heterocycles. The number of carbonyl (C=O) groups excluding carboxylic acids is 3. The Morgan fingerprint density at radius 2 is 1.55 bits per heavy atom. The van der Waals surface area contributed by atoms with Crippen LogP contribution in [-0.4, -0.2) is 78.8 Å². The van der Waals surface area contributed by atoms with Gasteiger partial charge in [0.2, 0.25) is 5.78 Å². The molecule has 3 aliphatic rings. The Balaban J connectivity index is 1.41. The van der Waals surface area contributed by atoms with Crippen LogP contribution < -0.4 is 9.47 Å². The van der Waals surface area contributed by atoms with E-state index in [1.54, 1.807) is 0 Å². The number of rotatable bonds is 12. The van der Waals surface area contributed by atoms with Gasteiger partial charge in [0, 0.05) is 23.0 Å². The van der Waals surface area contributed by atoms with E-state index in [1.165, 1.54) is 0 Å². The molecule has 1 unspecified atom stereocenters. The van der Waals surface area contributed by atoms with E-state index in [4.69, 9.17) is 18.4 Å². The van der Waals surface area contributed by atoms with Gasteiger partial charge in [-0.2, -0.15) is 0 Å². The van der Waals surface area contributed by atoms with Crippen LogP contribution in [0.1, 0.15) is 87.9 Å². The molecule has 1 aromatic heterocycles. The van der Waals surface area contributed by atoms with Crippen molar-refractivity contribution in [3.8, 4) is 11.6 Å². The van der Waals surface area contributed by atoms with Gasteiger partial charge < -0.3 is 28.6 Å². The smallest absolute Gasteiger partial charge is 0.265 e. The quantitative estimate of drug-likeness (QED) is 0.107. The first-order valence-corrected chi connectivity index (χ1v) is 23.3. The average Bonchev–Trinajstić information content (AvgIpc) is 3.60. The van der Waals surface area contributed by atoms with Crippen molar-refractivity contribution in [3.63, 3.8) is 0 Å². The Kier molecular flexibility index (Phi) is 11.5. The van der Waals surface area contributed by atoms with Crippen LogP contribution in [0.3, 0.4) is 0 Å². The Hall–Kier alpha value is -4.05. The summed E-state index contributed by atoms with van der Waals surface area (Å²) in [5, 5.41) is 24.2. The van der Waals surface area contributed by atoms with E-state index in [2.05, 4.69) is 21.1 Å². The van der Waals surface area contributed by atoms with Crippen LogP contribution in [0, 0.1) is 23.6 Å². The molecule has 14 heteroatoms. The predicted octanol–water partition coefficient (Wildman–Crippen LogP) is 7.62. The van der Waals surface area contributed by atoms with E-state index in [-0.39, 0.29) is 70.2 Å². The summed E-state index contributed by atoms with van der Waals surface area (Å²) in [6.07, 6.45) is 0.0736. The molecule has 58 heavy (non-hydrogen) atoms. The number of ether oxygens (including phenoxy) is 2. The normalized spacial score (nSPS) is 23.1. The zero-order valence-electron chi connectivity index (χ0n) is 33.8. The van der Waals surface area contributed by atoms with Crippen molar-refractivity contribution in [2.24, 2.45) is 17.8 Å². The van der Waals surface area contributed by atoms with Crippen LogP contribution in [0.4, 0.5) is 4.39 Å². The number of aliphatic hydroxyl groups is 2. The molecule has 1 fully saturated rings. The minimum Gasteiger partial charge on any atom is -0.487 e. The first-order chi connectivity index (χ1) is 27.5. The number of nitrogens with zero attached hydrogens (tertiary/aromatic N) is 2. The molecule has 308 valence electrons. The lowest BCUT2D eigenvalue weighted by Gasteiger charge is -2.56. The number of benzene rings is 3. The average molecular weight is 878 g/mol. The zero-order valence-corrected chi connectivity index (χ0v) is 36.4. The number of hydrogen-bond donors (Lipinski definition) is 2. The first kappa shape index (κ1) is 42.1. The molecule has 0 amide bonds. The molecule has 0 spiro atoms. The molecule has 7 rings (SSSR count). The third-order valence-corrected chi connectivity index (χ3v) is 17.9. The van der Waals surface area contributed by atoms with Crippen LogP contribution >= 0.6 is 15.9 Å². The highest BCUT2D eigenvalue weighted by atomic mass is 79.9. The minimum atomic E-state index is -3.01. The second kappa shape index (κ2) is 15.8. The van der Waals surface area contributed by atoms with Gasteiger partial charge in [-0.15, -0.1) is 0 Å². The van der Waals surface area contributed by atoms with Crippen molar-refractivity contribution in [1.82, 2.24) is 10.1 Å². The summed E-state index contributed by atoms with van der Waals surface area (Å²) in [6, 6.07) is 17.9. The van der Waals surface area contributed by atoms with Crippen LogP contribution in [0.25, 0.3) is 0 Å². The fourth-order valence-electron chi connectivity index (χ4n) is 8.71. The molecule has 5 atom stereocenters. The van der Waals surface area contributed by atoms with Crippen LogP contribution in [0.2, 0.25) is 18.1 Å². The Morgan fingerprint density at radius 1 is 0.966 bits per heavy atom. The van der Waals surface area contributed by atoms with Crippen LogP contribution in [-0.2, 0) is 28.9 Å². The Morgan fingerprint density at radius 3 is 2.10 bits per heavy atom. The zero-order chi connectivity index (χ0) is 41.9. The maximum absolute atomic E-state index is 17.0. The van der Waals surface area contributed by atoms with Crippen molar-refractivity contribution < 1.29 is 47.4 Å². The molecule has 11 nitrogen and oxygen atoms in total. The Labute approximate surface area is 347 Å². The molecule has 0 aliphatic heterocycles. The van der Waals surface area contributed by atoms with Gasteiger partial charge in [-0.05, 0) is 83.2 Å². The molecule has 0 saturated heterocycles. The molecular weight excluding hydrogens is 827 g/mol. The number of ketones is 3. The van der Waals surface area contributed by atoms with Gasteiger partial charge in [0.25, 0.3) is 5.88 Å². The van der Waals surface area contributed by atoms with E-state index in [1.807, 2.05) is 114 Å². The van der Waals surface area contributed by atoms with Gasteiger partial charge >= 0.3 is 0 Å². The summed E-state index contributed by atoms with van der Waals surface area (Å²) >= 11 is 3.48. The summed E-state index contributed by atoms with van der Waals surface area (Å²) < 4.78 is 42.7. The van der Waals surface area contributed by atoms with E-state index in [9.17, 15) is 10.2 Å². The fourth-order valence-corrected chi connectivity index (χ4v) is 11.0. The monoisotopic (exact) mass is 876 g/mol. The maximum atomic E-state index is 17.0. The van der Waals surface area contributed by atoms with Gasteiger partial charge in [-0.3, -0.25) is 19.3 Å². The predicted molar refractivity (Wildman–Crippen MR) is 219 cm³/mol. The lowest BCUT2D eigenvalue weighted by molar-refractivity contribution is -0.151. The summed E-state index contributed by atoms with van der Waals surface area (Å²) in [5.41, 5.74) is -0.643. The van der Waals surface area contributed by atoms with E-state index in [0.717, 1.165) is 11.1 Å². The topological polar surface area (TPSA) is 149 Å². The second-order valence-electron chi connectivity index (χ2n) is 17.4. The molecule has 4 aromatic rings. The number of hydrogen-bond acceptors (Lipinski definition) is 11. The third kappa shape index (κ3) is 6.88. The van der Waals surface area contributed by atoms with E-state index in [0.29, 0.717) is 0 Å². The Bertz CT molecular complexity index is 2220. The SMILES string of the molecule is CN(C)[C@@H]1c2onc(OCc3ccccc3)c2C(=O)[C@@]2(O[Si](C)(C)C(C)(C)C)C(=O)C3C(=O)c4c(c(F)c(C(CO)CO)c(Br)c4OCc4ccccc4)C[C@H]3C[C@@H]12. The lowest BCUT2D eigenvalue weighted by atomic mass is 9.54. The second-order valence-corrected chi connectivity index (χ2v) is 22.9. The number of carbonyl (C=O) groups is 3. The highest BCUT2D eigenvalue weighted by Crippen LogP contribution is 2.59. The first-order valence-electron chi connectivity index (χ1n) is 19.6. The van der Waals surface area contributed by atoms with Gasteiger partial charge in [0.15, 0.2) is 31.2 Å². The highest BCUT2D eigenvalue weighted by molar-refractivity contribution is 9.10. The molecular formula is C44H50BrFN2O9Si. The molecule has 3 aromatic carbocycles. The van der Waals surface area contributed by atoms with Crippen LogP contribution in [0.15, 0.2) is 69.7 Å². The lowest BCUT2D eigenvalue weighted by Crippen LogP contribution is -2.70. The van der Waals surface area contributed by atoms with E-state index >= 15 is 18.8 Å². The third-order valence-electron chi connectivity index (χ3n) is 12.6. The number of Topliss-reactive ketones (excluding diaryl/α,β-unsaturated/α-hetero) is 3. The largest absolute Gasteiger partial charge is 0.487 e. The van der Waals surface area contributed by atoms with Crippen molar-refractivity contribution in [2.45, 2.75) is 82.5 Å². The summed E-state index contributed by atoms with van der Waals surface area (Å²) in [5.74, 6) is -6.66. The van der Waals surface area contributed by atoms with Gasteiger partial charge in [0.05, 0.1) is 35.2 Å². The van der Waals surface area contributed by atoms with Crippen molar-refractivity contribution in [2.75, 3.05) is 27.3 Å². The van der Waals surface area contributed by atoms with Gasteiger partial charge in [0.1, 0.15) is 30.3 Å². The van der Waals surface area contributed by atoms with Crippen LogP contribution in [0.5, 0.6) is 11.6 Å². The van der Waals surface area contributed by atoms with Gasteiger partial charge in [-0.1, -0.05) is 81.4 Å². The van der Waals surface area contributed by atoms with E-state index < -0.39 is 85.1 Å². The highest BCUT2D eigenvalue weighted by Gasteiger charge is 2.70. The maximum Gasteiger partial charge on any atom is 0.265 e. The molecule has 0 radical (unpaired) electrons. The minimum absolute atomic E-state index is 0.000705. The van der Waals surface area contributed by atoms with Crippen molar-refractivity contribution >= 4 is 41.6 Å². The summed E-state index contributed by atoms with van der Waals surface area (Å²) in [6.45, 7) is 8.91. The van der Waals surface area contributed by atoms with Crippen molar-refractivity contribution in [3.05, 3.63) is 110 Å². The van der Waals surface area contributed by atoms with Crippen molar-refractivity contribution in [1.29, 1.82) is 0 Å². The fraction of sp³-hybridized carbons (Fsp3) is 0.455. The molecule has 2 N–H and O–H groups in total. The van der Waals surface area contributed by atoms with Gasteiger partial charge in [-0.25, -0.2) is 4.39 Å². The molecule has 3 aliphatic carbocycles. The number of fused-ring (bicyclic) bond motifs is 4. The number of aromatic nitrogens is 1. The number of halogens is 2. The number of aliphatic hydroxyl groups excluding tert-OH is 2. The summed E-state index contributed by atoms with van der Waals surface area (Å²) in [4.78, 5) is 48.4.